The van der Waals surface area contributed by atoms with Gasteiger partial charge in [-0.2, -0.15) is 12.7 Å². The summed E-state index contributed by atoms with van der Waals surface area (Å²) in [5, 5.41) is 4.19. The van der Waals surface area contributed by atoms with Gasteiger partial charge in [0, 0.05) is 72.5 Å². The number of anilines is 3. The summed E-state index contributed by atoms with van der Waals surface area (Å²) in [5.74, 6) is 1.96. The Bertz CT molecular complexity index is 2870. The number of hydrogen-bond donors (Lipinski definition) is 0. The van der Waals surface area contributed by atoms with Crippen LogP contribution in [0, 0.1) is 18.8 Å². The van der Waals surface area contributed by atoms with E-state index in [2.05, 4.69) is 152 Å². The molecule has 0 radical (unpaired) electrons. The largest absolute Gasteiger partial charge is 0.509 e. The van der Waals surface area contributed by atoms with E-state index in [1.165, 1.54) is 0 Å². The van der Waals surface area contributed by atoms with Gasteiger partial charge in [-0.05, 0) is 53.2 Å². The Morgan fingerprint density at radius 3 is 2.28 bits per heavy atom. The van der Waals surface area contributed by atoms with E-state index in [4.69, 9.17) is 14.1 Å². The Kier molecular flexibility index (Phi) is 8.13. The van der Waals surface area contributed by atoms with Crippen molar-refractivity contribution in [2.45, 2.75) is 26.2 Å². The zero-order valence-electron chi connectivity index (χ0n) is 30.2. The second kappa shape index (κ2) is 12.9. The Morgan fingerprint density at radius 1 is 0.667 bits per heavy atom. The van der Waals surface area contributed by atoms with E-state index in [0.717, 1.165) is 83.3 Å². The van der Waals surface area contributed by atoms with E-state index in [-0.39, 0.29) is 26.5 Å². The fraction of sp³-hybridized carbons (Fsp3) is 0.106. The number of aromatic nitrogens is 2. The standard InChI is InChI=1S/C47H35N4O2.Pt/c1-47(2,3)32-23-33(50-29-49(4)41-15-9-10-16-42(41)50)25-35(24-32)52-34-19-20-36-38-22-31(30-12-6-5-7-13-30)18-21-40(38)51(43(36)26-34)46-27-45-39(28-48-46)37-14-8-11-17-44(37)53-45;/h5-24,27-29H,1-4H3;/q-3;. The van der Waals surface area contributed by atoms with Crippen LogP contribution in [0.2, 0.25) is 0 Å². The topological polar surface area (TPSA) is 46.7 Å². The fourth-order valence-electron chi connectivity index (χ4n) is 7.48. The predicted octanol–water partition coefficient (Wildman–Crippen LogP) is 12.1. The Hall–Kier alpha value is -5.84. The molecule has 54 heavy (non-hydrogen) atoms. The molecule has 3 aromatic heterocycles. The molecule has 7 heteroatoms. The van der Waals surface area contributed by atoms with Gasteiger partial charge in [-0.15, -0.1) is 47.0 Å². The van der Waals surface area contributed by atoms with Crippen LogP contribution in [-0.4, -0.2) is 16.6 Å². The van der Waals surface area contributed by atoms with E-state index >= 15 is 0 Å². The minimum Gasteiger partial charge on any atom is -0.509 e. The first-order chi connectivity index (χ1) is 25.8. The molecular formula is C47H35N4O2Pt-3. The van der Waals surface area contributed by atoms with Gasteiger partial charge < -0.3 is 23.5 Å². The Balaban J connectivity index is 0.00000384. The predicted molar refractivity (Wildman–Crippen MR) is 215 cm³/mol. The number of pyridine rings is 1. The number of benzene rings is 6. The van der Waals surface area contributed by atoms with Gasteiger partial charge in [0.1, 0.15) is 17.0 Å². The summed E-state index contributed by atoms with van der Waals surface area (Å²) in [6, 6.07) is 51.2. The van der Waals surface area contributed by atoms with Gasteiger partial charge in [-0.1, -0.05) is 99.1 Å². The molecule has 0 unspecified atom stereocenters. The molecule has 0 N–H and O–H groups in total. The molecule has 0 amide bonds. The molecule has 10 rings (SSSR count). The van der Waals surface area contributed by atoms with Crippen molar-refractivity contribution in [1.82, 2.24) is 9.55 Å². The molecular weight excluding hydrogens is 848 g/mol. The van der Waals surface area contributed by atoms with Gasteiger partial charge in [0.15, 0.2) is 0 Å². The Labute approximate surface area is 328 Å². The number of ether oxygens (including phenoxy) is 1. The zero-order chi connectivity index (χ0) is 35.8. The third-order valence-electron chi connectivity index (χ3n) is 10.2. The van der Waals surface area contributed by atoms with Crippen molar-refractivity contribution in [3.8, 4) is 28.4 Å². The summed E-state index contributed by atoms with van der Waals surface area (Å²) in [4.78, 5) is 9.31. The van der Waals surface area contributed by atoms with E-state index in [0.29, 0.717) is 11.5 Å². The summed E-state index contributed by atoms with van der Waals surface area (Å²) >= 11 is 0. The average molecular weight is 883 g/mol. The van der Waals surface area contributed by atoms with Gasteiger partial charge in [0.25, 0.3) is 0 Å². The van der Waals surface area contributed by atoms with Crippen LogP contribution in [0.4, 0.5) is 17.1 Å². The van der Waals surface area contributed by atoms with Crippen LogP contribution >= 0.6 is 0 Å². The summed E-state index contributed by atoms with van der Waals surface area (Å²) in [5.41, 5.74) is 9.99. The van der Waals surface area contributed by atoms with E-state index in [9.17, 15) is 0 Å². The van der Waals surface area contributed by atoms with Crippen LogP contribution in [0.5, 0.6) is 11.5 Å². The number of para-hydroxylation sites is 3. The number of hydrogen-bond acceptors (Lipinski definition) is 5. The van der Waals surface area contributed by atoms with Crippen LogP contribution in [0.25, 0.3) is 60.7 Å². The average Bonchev–Trinajstić information content (AvgIpc) is 3.83. The van der Waals surface area contributed by atoms with E-state index < -0.39 is 0 Å². The monoisotopic (exact) mass is 882 g/mol. The number of furan rings is 1. The number of fused-ring (bicyclic) bond motifs is 7. The molecule has 9 aromatic rings. The molecule has 0 saturated heterocycles. The molecule has 1 aliphatic rings. The maximum Gasteiger partial charge on any atom is 0.140 e. The maximum absolute atomic E-state index is 6.71. The third kappa shape index (κ3) is 5.64. The smallest absolute Gasteiger partial charge is 0.140 e. The van der Waals surface area contributed by atoms with Gasteiger partial charge in [-0.25, -0.2) is 4.98 Å². The van der Waals surface area contributed by atoms with E-state index in [1.807, 2.05) is 42.6 Å². The van der Waals surface area contributed by atoms with Crippen molar-refractivity contribution in [2.75, 3.05) is 16.8 Å². The zero-order valence-corrected chi connectivity index (χ0v) is 32.5. The molecule has 6 nitrogen and oxygen atoms in total. The van der Waals surface area contributed by atoms with Crippen LogP contribution in [0.1, 0.15) is 26.3 Å². The van der Waals surface area contributed by atoms with Crippen LogP contribution in [-0.2, 0) is 26.5 Å². The van der Waals surface area contributed by atoms with Crippen molar-refractivity contribution in [3.05, 3.63) is 158 Å². The summed E-state index contributed by atoms with van der Waals surface area (Å²) < 4.78 is 15.2. The van der Waals surface area contributed by atoms with Gasteiger partial charge in [0.05, 0.1) is 0 Å². The second-order valence-corrected chi connectivity index (χ2v) is 14.7. The minimum absolute atomic E-state index is 0. The second-order valence-electron chi connectivity index (χ2n) is 14.7. The molecule has 0 atom stereocenters. The third-order valence-corrected chi connectivity index (χ3v) is 10.2. The number of rotatable bonds is 5. The molecule has 4 heterocycles. The van der Waals surface area contributed by atoms with Crippen molar-refractivity contribution in [2.24, 2.45) is 0 Å². The first kappa shape index (κ1) is 34.0. The van der Waals surface area contributed by atoms with Crippen molar-refractivity contribution >= 4 is 60.8 Å². The molecule has 6 aromatic carbocycles. The Morgan fingerprint density at radius 2 is 1.44 bits per heavy atom. The van der Waals surface area contributed by atoms with Crippen molar-refractivity contribution in [1.29, 1.82) is 0 Å². The van der Waals surface area contributed by atoms with Crippen molar-refractivity contribution in [3.63, 3.8) is 0 Å². The van der Waals surface area contributed by atoms with Gasteiger partial charge in [0.2, 0.25) is 0 Å². The fourth-order valence-corrected chi connectivity index (χ4v) is 7.48. The normalized spacial score (nSPS) is 12.9. The molecule has 268 valence electrons. The van der Waals surface area contributed by atoms with E-state index in [1.54, 1.807) is 0 Å². The molecule has 0 fully saturated rings. The first-order valence-corrected chi connectivity index (χ1v) is 17.8. The molecule has 1 aliphatic heterocycles. The van der Waals surface area contributed by atoms with Crippen LogP contribution in [0.3, 0.4) is 0 Å². The molecule has 0 aliphatic carbocycles. The molecule has 0 bridgehead atoms. The minimum atomic E-state index is -0.120. The SMILES string of the molecule is CN1[CH-]N(c2[c-]c(Oc3[c-]c4c(cc3)c3cc(-c5ccccc5)ccc3n4-c3cc4oc5ccccc5c4cn3)cc(C(C)(C)C)c2)c2ccccc21.[Pt]. The quantitative estimate of drug-likeness (QED) is 0.161. The summed E-state index contributed by atoms with van der Waals surface area (Å²) in [6.07, 6.45) is 1.91. The molecule has 0 saturated carbocycles. The molecule has 0 spiro atoms. The maximum atomic E-state index is 6.71. The van der Waals surface area contributed by atoms with Crippen LogP contribution < -0.4 is 14.5 Å². The van der Waals surface area contributed by atoms with Gasteiger partial charge >= 0.3 is 0 Å². The number of nitrogens with zero attached hydrogens (tertiary/aromatic N) is 4. The van der Waals surface area contributed by atoms with Crippen LogP contribution in [0.15, 0.2) is 138 Å². The van der Waals surface area contributed by atoms with Gasteiger partial charge in [-0.3, -0.25) is 0 Å². The summed E-state index contributed by atoms with van der Waals surface area (Å²) in [7, 11) is 2.07. The summed E-state index contributed by atoms with van der Waals surface area (Å²) in [6.45, 7) is 8.75. The first-order valence-electron chi connectivity index (χ1n) is 17.8. The van der Waals surface area contributed by atoms with Crippen molar-refractivity contribution < 1.29 is 30.2 Å².